The summed E-state index contributed by atoms with van der Waals surface area (Å²) in [6, 6.07) is 0. The van der Waals surface area contributed by atoms with Crippen molar-refractivity contribution in [3.63, 3.8) is 0 Å². The van der Waals surface area contributed by atoms with Crippen molar-refractivity contribution in [2.45, 2.75) is 33.0 Å². The van der Waals surface area contributed by atoms with E-state index in [0.29, 0.717) is 25.0 Å². The minimum Gasteiger partial charge on any atom is -0.478 e. The first-order valence-electron chi connectivity index (χ1n) is 4.84. The van der Waals surface area contributed by atoms with Crippen molar-refractivity contribution in [2.24, 2.45) is 0 Å². The van der Waals surface area contributed by atoms with E-state index in [0.717, 1.165) is 0 Å². The molecule has 0 aromatic carbocycles. The molecule has 1 unspecified atom stereocenters. The number of carboxylic acid groups (broad SMARTS) is 2. The molecule has 7 heteroatoms. The van der Waals surface area contributed by atoms with E-state index in [1.807, 2.05) is 0 Å². The lowest BCUT2D eigenvalue weighted by Gasteiger charge is -2.07. The summed E-state index contributed by atoms with van der Waals surface area (Å²) in [6.07, 6.45) is 0.963. The summed E-state index contributed by atoms with van der Waals surface area (Å²) in [5.74, 6) is -2.87. The molecule has 0 radical (unpaired) electrons. The van der Waals surface area contributed by atoms with Crippen molar-refractivity contribution >= 4 is 17.9 Å². The normalized spacial score (nSPS) is 11.2. The molecule has 3 N–H and O–H groups in total. The predicted octanol–water partition coefficient (Wildman–Crippen LogP) is 0.380. The smallest absolute Gasteiger partial charge is 0.328 e. The highest BCUT2D eigenvalue weighted by Crippen LogP contribution is 1.94. The third-order valence-electron chi connectivity index (χ3n) is 1.27. The summed E-state index contributed by atoms with van der Waals surface area (Å²) in [4.78, 5) is 29.5. The molecule has 0 saturated carbocycles. The zero-order valence-corrected chi connectivity index (χ0v) is 9.62. The van der Waals surface area contributed by atoms with Crippen LogP contribution in [0.3, 0.4) is 0 Å². The van der Waals surface area contributed by atoms with Crippen LogP contribution in [0.2, 0.25) is 0 Å². The van der Waals surface area contributed by atoms with Gasteiger partial charge in [-0.2, -0.15) is 0 Å². The van der Waals surface area contributed by atoms with Crippen molar-refractivity contribution in [3.8, 4) is 0 Å². The number of ether oxygens (including phenoxy) is 1. The van der Waals surface area contributed by atoms with Crippen LogP contribution in [0.25, 0.3) is 0 Å². The molecule has 1 atom stereocenters. The highest BCUT2D eigenvalue weighted by atomic mass is 16.6. The standard InChI is InChI=1S/C6H12O3.C4H4O4/c1-3-5(7)9-6(8)4-2;5-3(6)1-2-4(7)8/h5,7H,3-4H2,1-2H3;1-2H,(H,5,6)(H,7,8)/b;2-1-. The fourth-order valence-electron chi connectivity index (χ4n) is 0.461. The molecule has 0 fully saturated rings. The number of carbonyl (C=O) groups excluding carboxylic acids is 1. The number of carbonyl (C=O) groups is 3. The maximum atomic E-state index is 10.4. The summed E-state index contributed by atoms with van der Waals surface area (Å²) in [6.45, 7) is 3.43. The second kappa shape index (κ2) is 10.6. The van der Waals surface area contributed by atoms with E-state index in [9.17, 15) is 14.4 Å². The topological polar surface area (TPSA) is 121 Å². The van der Waals surface area contributed by atoms with E-state index in [1.165, 1.54) is 0 Å². The van der Waals surface area contributed by atoms with Gasteiger partial charge >= 0.3 is 17.9 Å². The molecule has 0 aliphatic carbocycles. The van der Waals surface area contributed by atoms with E-state index in [1.54, 1.807) is 13.8 Å². The molecule has 0 aromatic rings. The van der Waals surface area contributed by atoms with E-state index < -0.39 is 18.2 Å². The van der Waals surface area contributed by atoms with Gasteiger partial charge in [0.25, 0.3) is 0 Å². The van der Waals surface area contributed by atoms with Crippen LogP contribution in [-0.2, 0) is 19.1 Å². The van der Waals surface area contributed by atoms with Crippen LogP contribution in [0.1, 0.15) is 26.7 Å². The summed E-state index contributed by atoms with van der Waals surface area (Å²) in [7, 11) is 0. The summed E-state index contributed by atoms with van der Waals surface area (Å²) in [5, 5.41) is 24.3. The highest BCUT2D eigenvalue weighted by molar-refractivity contribution is 5.89. The molecule has 0 bridgehead atoms. The molecule has 0 saturated heterocycles. The third-order valence-corrected chi connectivity index (χ3v) is 1.27. The molecule has 98 valence electrons. The maximum Gasteiger partial charge on any atom is 0.328 e. The van der Waals surface area contributed by atoms with E-state index >= 15 is 0 Å². The predicted molar refractivity (Wildman–Crippen MR) is 57.1 cm³/mol. The van der Waals surface area contributed by atoms with Gasteiger partial charge in [0.2, 0.25) is 0 Å². The maximum absolute atomic E-state index is 10.4. The van der Waals surface area contributed by atoms with Gasteiger partial charge in [-0.25, -0.2) is 9.59 Å². The molecule has 0 spiro atoms. The fourth-order valence-corrected chi connectivity index (χ4v) is 0.461. The lowest BCUT2D eigenvalue weighted by molar-refractivity contribution is -0.167. The molecular formula is C10H16O7. The Bertz CT molecular complexity index is 266. The first-order chi connectivity index (χ1) is 7.83. The molecule has 0 amide bonds. The van der Waals surface area contributed by atoms with E-state index in [-0.39, 0.29) is 5.97 Å². The molecule has 0 aliphatic rings. The van der Waals surface area contributed by atoms with Crippen molar-refractivity contribution in [3.05, 3.63) is 12.2 Å². The van der Waals surface area contributed by atoms with Gasteiger partial charge in [0.05, 0.1) is 0 Å². The fraction of sp³-hybridized carbons (Fsp3) is 0.500. The molecule has 0 heterocycles. The minimum absolute atomic E-state index is 0.317. The van der Waals surface area contributed by atoms with Gasteiger partial charge in [-0.05, 0) is 0 Å². The van der Waals surface area contributed by atoms with Gasteiger partial charge in [-0.3, -0.25) is 4.79 Å². The number of hydrogen-bond donors (Lipinski definition) is 3. The monoisotopic (exact) mass is 248 g/mol. The Hall–Kier alpha value is -1.89. The molecular weight excluding hydrogens is 232 g/mol. The first kappa shape index (κ1) is 17.5. The molecule has 0 aliphatic heterocycles. The second-order valence-corrected chi connectivity index (χ2v) is 2.72. The molecule has 0 rings (SSSR count). The van der Waals surface area contributed by atoms with Crippen molar-refractivity contribution in [1.29, 1.82) is 0 Å². The van der Waals surface area contributed by atoms with Crippen LogP contribution in [-0.4, -0.2) is 39.5 Å². The highest BCUT2D eigenvalue weighted by Gasteiger charge is 2.04. The number of esters is 1. The lowest BCUT2D eigenvalue weighted by Crippen LogP contribution is -2.15. The summed E-state index contributed by atoms with van der Waals surface area (Å²) < 4.78 is 4.47. The number of carboxylic acids is 2. The van der Waals surface area contributed by atoms with Gasteiger partial charge in [-0.1, -0.05) is 13.8 Å². The van der Waals surface area contributed by atoms with Crippen molar-refractivity contribution in [2.75, 3.05) is 0 Å². The minimum atomic E-state index is -1.26. The molecule has 17 heavy (non-hydrogen) atoms. The second-order valence-electron chi connectivity index (χ2n) is 2.72. The van der Waals surface area contributed by atoms with Gasteiger partial charge in [0, 0.05) is 25.0 Å². The van der Waals surface area contributed by atoms with E-state index in [2.05, 4.69) is 4.74 Å². The number of aliphatic carboxylic acids is 2. The van der Waals surface area contributed by atoms with Gasteiger partial charge in [0.1, 0.15) is 0 Å². The van der Waals surface area contributed by atoms with E-state index in [4.69, 9.17) is 15.3 Å². The number of rotatable bonds is 5. The Kier molecular flexibility index (Phi) is 10.9. The quantitative estimate of drug-likeness (QED) is 0.365. The Balaban J connectivity index is 0. The van der Waals surface area contributed by atoms with Crippen LogP contribution in [0.5, 0.6) is 0 Å². The number of aliphatic hydroxyl groups is 1. The average Bonchev–Trinajstić information content (AvgIpc) is 2.26. The Morgan fingerprint density at radius 3 is 1.76 bits per heavy atom. The summed E-state index contributed by atoms with van der Waals surface area (Å²) in [5.41, 5.74) is 0. The van der Waals surface area contributed by atoms with Crippen LogP contribution in [0.15, 0.2) is 12.2 Å². The SMILES string of the molecule is CCC(=O)OC(O)CC.O=C(O)/C=C\C(=O)O. The van der Waals surface area contributed by atoms with Crippen molar-refractivity contribution in [1.82, 2.24) is 0 Å². The number of aliphatic hydroxyl groups excluding tert-OH is 1. The summed E-state index contributed by atoms with van der Waals surface area (Å²) >= 11 is 0. The van der Waals surface area contributed by atoms with Crippen LogP contribution < -0.4 is 0 Å². The van der Waals surface area contributed by atoms with Crippen LogP contribution in [0, 0.1) is 0 Å². The zero-order valence-electron chi connectivity index (χ0n) is 9.62. The molecule has 7 nitrogen and oxygen atoms in total. The molecule has 0 aromatic heterocycles. The van der Waals surface area contributed by atoms with Crippen LogP contribution >= 0.6 is 0 Å². The first-order valence-corrected chi connectivity index (χ1v) is 4.84. The largest absolute Gasteiger partial charge is 0.478 e. The van der Waals surface area contributed by atoms with Gasteiger partial charge in [-0.15, -0.1) is 0 Å². The van der Waals surface area contributed by atoms with Crippen LogP contribution in [0.4, 0.5) is 0 Å². The average molecular weight is 248 g/mol. The Labute approximate surface area is 98.3 Å². The lowest BCUT2D eigenvalue weighted by atomic mass is 10.4. The third kappa shape index (κ3) is 16.8. The zero-order chi connectivity index (χ0) is 13.8. The Morgan fingerprint density at radius 2 is 1.53 bits per heavy atom. The Morgan fingerprint density at radius 1 is 1.12 bits per heavy atom. The number of hydrogen-bond acceptors (Lipinski definition) is 5. The van der Waals surface area contributed by atoms with Gasteiger partial charge < -0.3 is 20.1 Å². The van der Waals surface area contributed by atoms with Gasteiger partial charge in [0.15, 0.2) is 6.29 Å². The van der Waals surface area contributed by atoms with Crippen molar-refractivity contribution < 1.29 is 34.4 Å².